The molecule has 5 aromatic rings. The van der Waals surface area contributed by atoms with Crippen LogP contribution in [0.5, 0.6) is 0 Å². The zero-order chi connectivity index (χ0) is 26.2. The summed E-state index contributed by atoms with van der Waals surface area (Å²) in [6.07, 6.45) is -1.15. The third kappa shape index (κ3) is 4.62. The Morgan fingerprint density at radius 3 is 2.32 bits per heavy atom. The lowest BCUT2D eigenvalue weighted by Crippen LogP contribution is -2.24. The normalized spacial score (nSPS) is 11.4. The molecule has 2 N–H and O–H groups in total. The zero-order valence-corrected chi connectivity index (χ0v) is 20.7. The molecule has 37 heavy (non-hydrogen) atoms. The van der Waals surface area contributed by atoms with Gasteiger partial charge in [0.1, 0.15) is 0 Å². The van der Waals surface area contributed by atoms with E-state index < -0.39 is 16.1 Å². The number of nitrogens with one attached hydrogen (secondary N) is 1. The number of carbonyl (C=O) groups is 1. The van der Waals surface area contributed by atoms with Crippen LogP contribution in [0.25, 0.3) is 33.7 Å². The van der Waals surface area contributed by atoms with Crippen molar-refractivity contribution in [1.82, 2.24) is 10.2 Å². The number of benzene rings is 4. The standard InChI is InChI=1S/C27H22N4O5S/c1-17-11-14-19(15-12-17)37(34,35)30-22-10-6-5-9-21(22)25-28-29-26(36-25)24-20-8-4-3-7-18(20)13-16-23(24)31(2)27(32)33/h3-16,30H,1-2H3,(H,32,33). The van der Waals surface area contributed by atoms with Crippen LogP contribution in [0, 0.1) is 6.92 Å². The van der Waals surface area contributed by atoms with Gasteiger partial charge in [0.15, 0.2) is 0 Å². The van der Waals surface area contributed by atoms with Crippen molar-refractivity contribution < 1.29 is 22.7 Å². The molecule has 0 aliphatic carbocycles. The van der Waals surface area contributed by atoms with Gasteiger partial charge in [-0.3, -0.25) is 9.62 Å². The first-order chi connectivity index (χ1) is 17.7. The minimum atomic E-state index is -3.87. The van der Waals surface area contributed by atoms with Gasteiger partial charge in [-0.25, -0.2) is 13.2 Å². The summed E-state index contributed by atoms with van der Waals surface area (Å²) in [6.45, 7) is 1.88. The van der Waals surface area contributed by atoms with E-state index in [2.05, 4.69) is 14.9 Å². The predicted octanol–water partition coefficient (Wildman–Crippen LogP) is 5.78. The average molecular weight is 515 g/mol. The van der Waals surface area contributed by atoms with Crippen molar-refractivity contribution in [3.63, 3.8) is 0 Å². The van der Waals surface area contributed by atoms with Gasteiger partial charge in [0.25, 0.3) is 15.9 Å². The van der Waals surface area contributed by atoms with E-state index in [1.165, 1.54) is 19.2 Å². The second-order valence-electron chi connectivity index (χ2n) is 8.40. The van der Waals surface area contributed by atoms with Gasteiger partial charge >= 0.3 is 6.09 Å². The summed E-state index contributed by atoms with van der Waals surface area (Å²) in [6, 6.07) is 24.2. The molecule has 1 aromatic heterocycles. The van der Waals surface area contributed by atoms with Crippen LogP contribution in [0.2, 0.25) is 0 Å². The molecule has 9 nitrogen and oxygen atoms in total. The molecule has 0 fully saturated rings. The van der Waals surface area contributed by atoms with Crippen molar-refractivity contribution in [2.45, 2.75) is 11.8 Å². The molecule has 10 heteroatoms. The van der Waals surface area contributed by atoms with Crippen molar-refractivity contribution >= 4 is 38.3 Å². The number of hydrogen-bond acceptors (Lipinski definition) is 6. The number of carboxylic acid groups (broad SMARTS) is 1. The average Bonchev–Trinajstić information content (AvgIpc) is 3.37. The molecule has 0 radical (unpaired) electrons. The van der Waals surface area contributed by atoms with Crippen molar-refractivity contribution in [1.29, 1.82) is 0 Å². The number of aryl methyl sites for hydroxylation is 1. The fraction of sp³-hybridized carbons (Fsp3) is 0.0741. The van der Waals surface area contributed by atoms with Crippen LogP contribution < -0.4 is 9.62 Å². The van der Waals surface area contributed by atoms with Gasteiger partial charge in [-0.2, -0.15) is 0 Å². The molecule has 0 saturated carbocycles. The largest absolute Gasteiger partial charge is 0.465 e. The van der Waals surface area contributed by atoms with E-state index in [4.69, 9.17) is 4.42 Å². The summed E-state index contributed by atoms with van der Waals surface area (Å²) in [5.74, 6) is 0.181. The molecule has 5 rings (SSSR count). The van der Waals surface area contributed by atoms with Gasteiger partial charge < -0.3 is 9.52 Å². The first-order valence-corrected chi connectivity index (χ1v) is 12.7. The zero-order valence-electron chi connectivity index (χ0n) is 19.9. The monoisotopic (exact) mass is 514 g/mol. The number of sulfonamides is 1. The SMILES string of the molecule is Cc1ccc(S(=O)(=O)Nc2ccccc2-c2nnc(-c3c(N(C)C(=O)O)ccc4ccccc34)o2)cc1. The summed E-state index contributed by atoms with van der Waals surface area (Å²) in [4.78, 5) is 13.0. The van der Waals surface area contributed by atoms with Gasteiger partial charge in [0, 0.05) is 7.05 Å². The molecule has 0 aliphatic rings. The highest BCUT2D eigenvalue weighted by Gasteiger charge is 2.23. The highest BCUT2D eigenvalue weighted by molar-refractivity contribution is 7.92. The molecule has 1 amide bonds. The van der Waals surface area contributed by atoms with Crippen molar-refractivity contribution in [2.24, 2.45) is 0 Å². The molecule has 0 spiro atoms. The van der Waals surface area contributed by atoms with E-state index >= 15 is 0 Å². The Morgan fingerprint density at radius 2 is 1.57 bits per heavy atom. The van der Waals surface area contributed by atoms with Crippen LogP contribution in [0.3, 0.4) is 0 Å². The van der Waals surface area contributed by atoms with Gasteiger partial charge in [0.05, 0.1) is 27.4 Å². The number of aromatic nitrogens is 2. The van der Waals surface area contributed by atoms with Gasteiger partial charge in [-0.05, 0) is 48.0 Å². The van der Waals surface area contributed by atoms with Gasteiger partial charge in [-0.1, -0.05) is 60.2 Å². The van der Waals surface area contributed by atoms with Crippen LogP contribution >= 0.6 is 0 Å². The molecule has 0 atom stereocenters. The smallest absolute Gasteiger partial charge is 0.411 e. The lowest BCUT2D eigenvalue weighted by Gasteiger charge is -2.17. The molecule has 0 aliphatic heterocycles. The Balaban J connectivity index is 1.59. The number of hydrogen-bond donors (Lipinski definition) is 2. The van der Waals surface area contributed by atoms with Gasteiger partial charge in [-0.15, -0.1) is 10.2 Å². The number of fused-ring (bicyclic) bond motifs is 1. The molecule has 1 heterocycles. The van der Waals surface area contributed by atoms with E-state index in [1.54, 1.807) is 42.5 Å². The van der Waals surface area contributed by atoms with E-state index in [0.29, 0.717) is 16.8 Å². The minimum absolute atomic E-state index is 0.0778. The number of rotatable bonds is 6. The first-order valence-electron chi connectivity index (χ1n) is 11.3. The summed E-state index contributed by atoms with van der Waals surface area (Å²) >= 11 is 0. The Kier molecular flexibility index (Phi) is 6.10. The number of para-hydroxylation sites is 1. The number of anilines is 2. The van der Waals surface area contributed by atoms with E-state index in [-0.39, 0.29) is 22.4 Å². The third-order valence-electron chi connectivity index (χ3n) is 5.93. The van der Waals surface area contributed by atoms with E-state index in [9.17, 15) is 18.3 Å². The van der Waals surface area contributed by atoms with E-state index in [1.807, 2.05) is 37.3 Å². The highest BCUT2D eigenvalue weighted by Crippen LogP contribution is 2.38. The predicted molar refractivity (Wildman–Crippen MR) is 141 cm³/mol. The Bertz CT molecular complexity index is 1730. The van der Waals surface area contributed by atoms with Crippen LogP contribution in [-0.4, -0.2) is 36.9 Å². The summed E-state index contributed by atoms with van der Waals surface area (Å²) < 4.78 is 34.7. The lowest BCUT2D eigenvalue weighted by molar-refractivity contribution is 0.203. The quantitative estimate of drug-likeness (QED) is 0.294. The molecule has 0 bridgehead atoms. The lowest BCUT2D eigenvalue weighted by atomic mass is 10.0. The minimum Gasteiger partial charge on any atom is -0.465 e. The Labute approximate surface area is 213 Å². The van der Waals surface area contributed by atoms with Gasteiger partial charge in [0.2, 0.25) is 5.89 Å². The second-order valence-corrected chi connectivity index (χ2v) is 10.1. The van der Waals surface area contributed by atoms with Crippen LogP contribution in [0.1, 0.15) is 5.56 Å². The molecular weight excluding hydrogens is 492 g/mol. The van der Waals surface area contributed by atoms with Crippen molar-refractivity contribution in [2.75, 3.05) is 16.7 Å². The number of amides is 1. The highest BCUT2D eigenvalue weighted by atomic mass is 32.2. The summed E-state index contributed by atoms with van der Waals surface area (Å²) in [7, 11) is -2.44. The first kappa shape index (κ1) is 24.0. The maximum atomic E-state index is 13.0. The van der Waals surface area contributed by atoms with Crippen LogP contribution in [0.4, 0.5) is 16.2 Å². The second kappa shape index (κ2) is 9.40. The molecule has 0 saturated heterocycles. The topological polar surface area (TPSA) is 126 Å². The van der Waals surface area contributed by atoms with E-state index in [0.717, 1.165) is 21.2 Å². The third-order valence-corrected chi connectivity index (χ3v) is 7.31. The fourth-order valence-electron chi connectivity index (χ4n) is 3.98. The van der Waals surface area contributed by atoms with Crippen molar-refractivity contribution in [3.05, 3.63) is 90.5 Å². The maximum Gasteiger partial charge on any atom is 0.411 e. The fourth-order valence-corrected chi connectivity index (χ4v) is 5.06. The van der Waals surface area contributed by atoms with Crippen LogP contribution in [-0.2, 0) is 10.0 Å². The summed E-state index contributed by atoms with van der Waals surface area (Å²) in [5, 5.41) is 19.6. The van der Waals surface area contributed by atoms with Crippen molar-refractivity contribution in [3.8, 4) is 22.9 Å². The maximum absolute atomic E-state index is 13.0. The molecule has 4 aromatic carbocycles. The Hall–Kier alpha value is -4.70. The molecule has 186 valence electrons. The number of nitrogens with zero attached hydrogens (tertiary/aromatic N) is 3. The summed E-state index contributed by atoms with van der Waals surface area (Å²) in [5.41, 5.74) is 2.41. The Morgan fingerprint density at radius 1 is 0.892 bits per heavy atom. The van der Waals surface area contributed by atoms with Crippen LogP contribution in [0.15, 0.2) is 94.2 Å². The molecule has 0 unspecified atom stereocenters. The molecular formula is C27H22N4O5S.